The van der Waals surface area contributed by atoms with Gasteiger partial charge in [-0.15, -0.1) is 0 Å². The molecule has 0 fully saturated rings. The predicted molar refractivity (Wildman–Crippen MR) is 111 cm³/mol. The third-order valence-electron chi connectivity index (χ3n) is 4.17. The summed E-state index contributed by atoms with van der Waals surface area (Å²) in [6.45, 7) is 0.335. The van der Waals surface area contributed by atoms with E-state index in [4.69, 9.17) is 27.4 Å². The number of anilines is 1. The fourth-order valence-corrected chi connectivity index (χ4v) is 3.06. The van der Waals surface area contributed by atoms with Gasteiger partial charge in [0.1, 0.15) is 6.54 Å². The number of hydrogen-bond acceptors (Lipinski definition) is 5. The van der Waals surface area contributed by atoms with Crippen molar-refractivity contribution in [3.05, 3.63) is 54.2 Å². The number of nitrogens with zero attached hydrogens (tertiary/aromatic N) is 2. The molecule has 0 aliphatic carbocycles. The summed E-state index contributed by atoms with van der Waals surface area (Å²) in [5.74, 6) is 1.13. The van der Waals surface area contributed by atoms with E-state index in [-0.39, 0.29) is 24.4 Å². The highest BCUT2D eigenvalue weighted by molar-refractivity contribution is 7.80. The predicted octanol–water partition coefficient (Wildman–Crippen LogP) is 2.18. The number of para-hydroxylation sites is 1. The van der Waals surface area contributed by atoms with Crippen LogP contribution in [-0.4, -0.2) is 28.6 Å². The van der Waals surface area contributed by atoms with E-state index in [1.807, 2.05) is 35.0 Å². The van der Waals surface area contributed by atoms with Crippen LogP contribution >= 0.6 is 12.2 Å². The number of hydrazone groups is 1. The molecule has 0 bridgehead atoms. The standard InChI is InChI=1S/C19H17N5O3S/c20-19(28)23-21-8-12-9-24(15-4-2-1-3-14(12)15)10-18(25)22-13-5-6-16-17(7-13)27-11-26-16/h1-9H,10-11H2,(H,22,25)(H3,20,23,28). The molecule has 0 saturated heterocycles. The molecule has 2 heterocycles. The van der Waals surface area contributed by atoms with Gasteiger partial charge in [0, 0.05) is 34.4 Å². The van der Waals surface area contributed by atoms with E-state index in [9.17, 15) is 4.79 Å². The third kappa shape index (κ3) is 3.74. The number of nitrogens with two attached hydrogens (primary N) is 1. The highest BCUT2D eigenvalue weighted by Gasteiger charge is 2.15. The van der Waals surface area contributed by atoms with E-state index in [0.717, 1.165) is 16.5 Å². The van der Waals surface area contributed by atoms with Gasteiger partial charge in [-0.05, 0) is 30.4 Å². The van der Waals surface area contributed by atoms with E-state index in [1.165, 1.54) is 0 Å². The first-order valence-electron chi connectivity index (χ1n) is 8.46. The van der Waals surface area contributed by atoms with E-state index in [1.54, 1.807) is 24.4 Å². The van der Waals surface area contributed by atoms with Crippen LogP contribution < -0.4 is 25.9 Å². The minimum absolute atomic E-state index is 0.0862. The Balaban J connectivity index is 1.53. The number of hydrogen-bond donors (Lipinski definition) is 3. The van der Waals surface area contributed by atoms with Crippen molar-refractivity contribution < 1.29 is 14.3 Å². The Hall–Kier alpha value is -3.59. The van der Waals surface area contributed by atoms with Crippen molar-refractivity contribution in [1.29, 1.82) is 0 Å². The summed E-state index contributed by atoms with van der Waals surface area (Å²) in [5, 5.41) is 7.93. The summed E-state index contributed by atoms with van der Waals surface area (Å²) in [6.07, 6.45) is 3.47. The van der Waals surface area contributed by atoms with Gasteiger partial charge in [0.2, 0.25) is 12.7 Å². The van der Waals surface area contributed by atoms with Gasteiger partial charge in [-0.3, -0.25) is 10.2 Å². The molecule has 0 spiro atoms. The van der Waals surface area contributed by atoms with Crippen LogP contribution in [-0.2, 0) is 11.3 Å². The minimum Gasteiger partial charge on any atom is -0.454 e. The second-order valence-electron chi connectivity index (χ2n) is 6.08. The molecule has 4 N–H and O–H groups in total. The second-order valence-corrected chi connectivity index (χ2v) is 6.52. The topological polar surface area (TPSA) is 103 Å². The number of fused-ring (bicyclic) bond motifs is 2. The average molecular weight is 395 g/mol. The molecule has 0 saturated carbocycles. The molecule has 2 aromatic carbocycles. The lowest BCUT2D eigenvalue weighted by atomic mass is 10.2. The van der Waals surface area contributed by atoms with E-state index >= 15 is 0 Å². The van der Waals surface area contributed by atoms with Crippen LogP contribution in [0, 0.1) is 0 Å². The van der Waals surface area contributed by atoms with Gasteiger partial charge in [0.15, 0.2) is 16.6 Å². The number of ether oxygens (including phenoxy) is 2. The van der Waals surface area contributed by atoms with Crippen molar-refractivity contribution in [2.45, 2.75) is 6.54 Å². The molecule has 1 amide bonds. The number of benzene rings is 2. The van der Waals surface area contributed by atoms with Gasteiger partial charge in [-0.25, -0.2) is 0 Å². The van der Waals surface area contributed by atoms with Gasteiger partial charge in [-0.2, -0.15) is 5.10 Å². The van der Waals surface area contributed by atoms with Gasteiger partial charge < -0.3 is 25.1 Å². The molecule has 142 valence electrons. The van der Waals surface area contributed by atoms with Gasteiger partial charge in [0.05, 0.1) is 6.21 Å². The molecule has 9 heteroatoms. The highest BCUT2D eigenvalue weighted by Crippen LogP contribution is 2.34. The van der Waals surface area contributed by atoms with Crippen molar-refractivity contribution in [3.63, 3.8) is 0 Å². The molecular weight excluding hydrogens is 378 g/mol. The number of carbonyl (C=O) groups is 1. The summed E-state index contributed by atoms with van der Waals surface area (Å²) in [7, 11) is 0. The Kier molecular flexibility index (Phi) is 4.81. The molecule has 4 rings (SSSR count). The van der Waals surface area contributed by atoms with Crippen molar-refractivity contribution in [2.24, 2.45) is 10.8 Å². The largest absolute Gasteiger partial charge is 0.454 e. The molecule has 1 aliphatic heterocycles. The number of aromatic nitrogens is 1. The van der Waals surface area contributed by atoms with Crippen LogP contribution in [0.25, 0.3) is 10.9 Å². The Labute approximate surface area is 165 Å². The van der Waals surface area contributed by atoms with Crippen LogP contribution in [0.2, 0.25) is 0 Å². The molecule has 1 aliphatic rings. The molecule has 0 atom stereocenters. The quantitative estimate of drug-likeness (QED) is 0.348. The Morgan fingerprint density at radius 2 is 2.07 bits per heavy atom. The monoisotopic (exact) mass is 395 g/mol. The zero-order valence-corrected chi connectivity index (χ0v) is 15.5. The lowest BCUT2D eigenvalue weighted by Gasteiger charge is -2.08. The summed E-state index contributed by atoms with van der Waals surface area (Å²) >= 11 is 4.74. The van der Waals surface area contributed by atoms with Crippen molar-refractivity contribution in [3.8, 4) is 11.5 Å². The molecule has 28 heavy (non-hydrogen) atoms. The van der Waals surface area contributed by atoms with Gasteiger partial charge >= 0.3 is 0 Å². The van der Waals surface area contributed by atoms with Crippen molar-refractivity contribution in [2.75, 3.05) is 12.1 Å². The van der Waals surface area contributed by atoms with Crippen LogP contribution in [0.3, 0.4) is 0 Å². The number of rotatable bonds is 5. The fourth-order valence-electron chi connectivity index (χ4n) is 3.00. The second kappa shape index (κ2) is 7.57. The first-order valence-corrected chi connectivity index (χ1v) is 8.87. The number of thiocarbonyl (C=S) groups is 1. The van der Waals surface area contributed by atoms with E-state index in [2.05, 4.69) is 15.8 Å². The molecule has 1 aromatic heterocycles. The van der Waals surface area contributed by atoms with Crippen LogP contribution in [0.5, 0.6) is 11.5 Å². The van der Waals surface area contributed by atoms with Gasteiger partial charge in [0.25, 0.3) is 0 Å². The van der Waals surface area contributed by atoms with Crippen LogP contribution in [0.1, 0.15) is 5.56 Å². The smallest absolute Gasteiger partial charge is 0.244 e. The maximum Gasteiger partial charge on any atom is 0.244 e. The Bertz CT molecular complexity index is 1090. The van der Waals surface area contributed by atoms with Crippen molar-refractivity contribution >= 4 is 46.0 Å². The summed E-state index contributed by atoms with van der Waals surface area (Å²) < 4.78 is 12.5. The SMILES string of the molecule is NC(=S)NN=Cc1cn(CC(=O)Nc2ccc3c(c2)OCO3)c2ccccc12. The summed E-state index contributed by atoms with van der Waals surface area (Å²) in [6, 6.07) is 13.0. The molecular formula is C19H17N5O3S. The summed E-state index contributed by atoms with van der Waals surface area (Å²) in [5.41, 5.74) is 10.3. The molecule has 0 radical (unpaired) electrons. The zero-order valence-electron chi connectivity index (χ0n) is 14.7. The molecule has 8 nitrogen and oxygen atoms in total. The number of nitrogens with one attached hydrogen (secondary N) is 2. The highest BCUT2D eigenvalue weighted by atomic mass is 32.1. The van der Waals surface area contributed by atoms with E-state index < -0.39 is 0 Å². The van der Waals surface area contributed by atoms with Gasteiger partial charge in [-0.1, -0.05) is 18.2 Å². The minimum atomic E-state index is -0.163. The van der Waals surface area contributed by atoms with Crippen molar-refractivity contribution in [1.82, 2.24) is 9.99 Å². The maximum atomic E-state index is 12.6. The lowest BCUT2D eigenvalue weighted by Crippen LogP contribution is -2.23. The zero-order chi connectivity index (χ0) is 19.5. The first kappa shape index (κ1) is 17.8. The first-order chi connectivity index (χ1) is 13.6. The van der Waals surface area contributed by atoms with Crippen LogP contribution in [0.4, 0.5) is 5.69 Å². The Morgan fingerprint density at radius 1 is 1.25 bits per heavy atom. The number of carbonyl (C=O) groups excluding carboxylic acids is 1. The lowest BCUT2D eigenvalue weighted by molar-refractivity contribution is -0.116. The Morgan fingerprint density at radius 3 is 2.93 bits per heavy atom. The molecule has 0 unspecified atom stereocenters. The normalized spacial score (nSPS) is 12.4. The fraction of sp³-hybridized carbons (Fsp3) is 0.105. The van der Waals surface area contributed by atoms with Crippen LogP contribution in [0.15, 0.2) is 53.8 Å². The summed E-state index contributed by atoms with van der Waals surface area (Å²) in [4.78, 5) is 12.6. The number of amides is 1. The third-order valence-corrected chi connectivity index (χ3v) is 4.26. The van der Waals surface area contributed by atoms with E-state index in [0.29, 0.717) is 17.2 Å². The molecule has 3 aromatic rings. The maximum absolute atomic E-state index is 12.6. The average Bonchev–Trinajstić information content (AvgIpc) is 3.26.